The van der Waals surface area contributed by atoms with Gasteiger partial charge in [0.05, 0.1) is 0 Å². The third-order valence-electron chi connectivity index (χ3n) is 2.63. The second-order valence-electron chi connectivity index (χ2n) is 3.97. The van der Waals surface area contributed by atoms with E-state index in [9.17, 15) is 13.2 Å². The van der Waals surface area contributed by atoms with Gasteiger partial charge in [0.25, 0.3) is 0 Å². The second kappa shape index (κ2) is 5.75. The van der Waals surface area contributed by atoms with Crippen molar-refractivity contribution in [2.24, 2.45) is 0 Å². The van der Waals surface area contributed by atoms with Crippen molar-refractivity contribution < 1.29 is 13.2 Å². The van der Waals surface area contributed by atoms with Crippen molar-refractivity contribution in [3.63, 3.8) is 0 Å². The molecule has 1 aliphatic heterocycles. The van der Waals surface area contributed by atoms with Gasteiger partial charge in [0.2, 0.25) is 0 Å². The van der Waals surface area contributed by atoms with Crippen LogP contribution in [-0.2, 0) is 0 Å². The van der Waals surface area contributed by atoms with E-state index in [1.807, 2.05) is 0 Å². The van der Waals surface area contributed by atoms with Gasteiger partial charge in [0.15, 0.2) is 0 Å². The Morgan fingerprint density at radius 2 is 1.71 bits per heavy atom. The number of hydrogen-bond donors (Lipinski definition) is 0. The minimum atomic E-state index is -3.91. The predicted molar refractivity (Wildman–Crippen MR) is 54.5 cm³/mol. The number of halogens is 3. The summed E-state index contributed by atoms with van der Waals surface area (Å²) < 4.78 is 35.5. The van der Waals surface area contributed by atoms with Gasteiger partial charge in [-0.05, 0) is 38.5 Å². The van der Waals surface area contributed by atoms with Crippen LogP contribution in [0, 0.1) is 0 Å². The summed E-state index contributed by atoms with van der Waals surface area (Å²) in [7, 11) is -0.905. The Bertz CT molecular complexity index is 155. The summed E-state index contributed by atoms with van der Waals surface area (Å²) in [6.45, 7) is 3.10. The highest BCUT2D eigenvalue weighted by Gasteiger charge is 2.26. The van der Waals surface area contributed by atoms with Crippen LogP contribution < -0.4 is 0 Å². The third-order valence-corrected chi connectivity index (χ3v) is 4.37. The highest BCUT2D eigenvalue weighted by molar-refractivity contribution is 6.35. The molecular weight excluding hydrogens is 207 g/mol. The molecule has 0 spiro atoms. The average molecular weight is 225 g/mol. The lowest BCUT2D eigenvalue weighted by Gasteiger charge is -2.26. The van der Waals surface area contributed by atoms with Crippen LogP contribution in [0.1, 0.15) is 19.3 Å². The minimum Gasteiger partial charge on any atom is -0.304 e. The van der Waals surface area contributed by atoms with Crippen LogP contribution in [0.3, 0.4) is 0 Å². The van der Waals surface area contributed by atoms with Crippen molar-refractivity contribution in [2.45, 2.75) is 37.5 Å². The van der Waals surface area contributed by atoms with E-state index in [-0.39, 0.29) is 0 Å². The summed E-state index contributed by atoms with van der Waals surface area (Å²) in [5, 5.41) is 0. The van der Waals surface area contributed by atoms with Crippen molar-refractivity contribution >= 4 is 9.52 Å². The summed E-state index contributed by atoms with van der Waals surface area (Å²) in [6, 6.07) is 0.334. The van der Waals surface area contributed by atoms with Crippen molar-refractivity contribution in [1.82, 2.24) is 4.90 Å². The Kier molecular flexibility index (Phi) is 4.95. The first-order valence-corrected chi connectivity index (χ1v) is 7.37. The Morgan fingerprint density at radius 3 is 2.29 bits per heavy atom. The zero-order chi connectivity index (χ0) is 10.4. The van der Waals surface area contributed by atoms with Crippen LogP contribution in [0.4, 0.5) is 13.2 Å². The molecule has 0 atom stereocenters. The first-order valence-electron chi connectivity index (χ1n) is 5.37. The molecule has 1 nitrogen and oxygen atoms in total. The van der Waals surface area contributed by atoms with Crippen molar-refractivity contribution in [2.75, 3.05) is 19.6 Å². The number of hydrogen-bond acceptors (Lipinski definition) is 1. The molecule has 1 rings (SSSR count). The van der Waals surface area contributed by atoms with Crippen LogP contribution >= 0.6 is 0 Å². The van der Waals surface area contributed by atoms with E-state index in [0.717, 1.165) is 25.7 Å². The van der Waals surface area contributed by atoms with Gasteiger partial charge < -0.3 is 4.90 Å². The SMILES string of the molecule is FC(F)(F)C[SiH2]CCN1CCCCC1. The molecule has 84 valence electrons. The van der Waals surface area contributed by atoms with Gasteiger partial charge in [-0.25, -0.2) is 0 Å². The average Bonchev–Trinajstić information content (AvgIpc) is 2.13. The van der Waals surface area contributed by atoms with Gasteiger partial charge in [-0.2, -0.15) is 13.2 Å². The quantitative estimate of drug-likeness (QED) is 0.523. The summed E-state index contributed by atoms with van der Waals surface area (Å²) in [5.74, 6) is 0. The highest BCUT2D eigenvalue weighted by Crippen LogP contribution is 2.20. The molecular formula is C9H18F3NSi. The van der Waals surface area contributed by atoms with Crippen molar-refractivity contribution in [3.8, 4) is 0 Å². The first kappa shape index (κ1) is 12.0. The zero-order valence-electron chi connectivity index (χ0n) is 8.45. The maximum absolute atomic E-state index is 11.8. The topological polar surface area (TPSA) is 3.24 Å². The van der Waals surface area contributed by atoms with Gasteiger partial charge in [-0.15, -0.1) is 0 Å². The Labute approximate surface area is 85.5 Å². The van der Waals surface area contributed by atoms with Crippen molar-refractivity contribution in [3.05, 3.63) is 0 Å². The first-order chi connectivity index (χ1) is 6.58. The molecule has 0 bridgehead atoms. The Balaban J connectivity index is 1.97. The lowest BCUT2D eigenvalue weighted by Crippen LogP contribution is -2.31. The van der Waals surface area contributed by atoms with E-state index in [0.29, 0.717) is 0 Å². The molecule has 0 saturated carbocycles. The maximum atomic E-state index is 11.8. The summed E-state index contributed by atoms with van der Waals surface area (Å²) in [5.41, 5.74) is 0. The normalized spacial score (nSPS) is 20.8. The number of nitrogens with zero attached hydrogens (tertiary/aromatic N) is 1. The number of likely N-dealkylation sites (tertiary alicyclic amines) is 1. The fourth-order valence-electron chi connectivity index (χ4n) is 1.84. The third kappa shape index (κ3) is 5.65. The molecule has 0 aromatic heterocycles. The lowest BCUT2D eigenvalue weighted by atomic mass is 10.1. The largest absolute Gasteiger partial charge is 0.386 e. The van der Waals surface area contributed by atoms with E-state index >= 15 is 0 Å². The summed E-state index contributed by atoms with van der Waals surface area (Å²) in [4.78, 5) is 2.31. The Hall–Kier alpha value is -0.0331. The van der Waals surface area contributed by atoms with E-state index in [2.05, 4.69) is 4.90 Å². The van der Waals surface area contributed by atoms with E-state index < -0.39 is 21.7 Å². The molecule has 14 heavy (non-hydrogen) atoms. The molecule has 5 heteroatoms. The smallest absolute Gasteiger partial charge is 0.304 e. The van der Waals surface area contributed by atoms with Crippen LogP contribution in [-0.4, -0.2) is 40.2 Å². The molecule has 1 fully saturated rings. The van der Waals surface area contributed by atoms with Crippen LogP contribution in [0.5, 0.6) is 0 Å². The standard InChI is InChI=1S/C9H18F3NSi/c10-9(11,12)8-14-7-6-13-4-2-1-3-5-13/h1-8,14H2. The second-order valence-corrected chi connectivity index (χ2v) is 5.89. The molecule has 0 N–H and O–H groups in total. The number of rotatable bonds is 4. The molecule has 0 aromatic rings. The number of piperidine rings is 1. The van der Waals surface area contributed by atoms with Gasteiger partial charge in [0, 0.05) is 15.6 Å². The lowest BCUT2D eigenvalue weighted by molar-refractivity contribution is -0.109. The van der Waals surface area contributed by atoms with Gasteiger partial charge in [0.1, 0.15) is 0 Å². The molecule has 1 heterocycles. The van der Waals surface area contributed by atoms with Crippen LogP contribution in [0.2, 0.25) is 12.1 Å². The van der Waals surface area contributed by atoms with Gasteiger partial charge in [-0.3, -0.25) is 0 Å². The van der Waals surface area contributed by atoms with Gasteiger partial charge in [-0.1, -0.05) is 6.42 Å². The maximum Gasteiger partial charge on any atom is 0.386 e. The van der Waals surface area contributed by atoms with Crippen LogP contribution in [0.25, 0.3) is 0 Å². The molecule has 0 unspecified atom stereocenters. The van der Waals surface area contributed by atoms with E-state index in [1.54, 1.807) is 0 Å². The molecule has 1 saturated heterocycles. The fourth-order valence-corrected chi connectivity index (χ4v) is 3.17. The predicted octanol–water partition coefficient (Wildman–Crippen LogP) is 2.04. The Morgan fingerprint density at radius 1 is 1.07 bits per heavy atom. The van der Waals surface area contributed by atoms with E-state index in [4.69, 9.17) is 0 Å². The van der Waals surface area contributed by atoms with Crippen LogP contribution in [0.15, 0.2) is 0 Å². The number of alkyl halides is 3. The fraction of sp³-hybridized carbons (Fsp3) is 1.00. The monoisotopic (exact) mass is 225 g/mol. The van der Waals surface area contributed by atoms with E-state index in [1.165, 1.54) is 19.3 Å². The highest BCUT2D eigenvalue weighted by atomic mass is 28.2. The van der Waals surface area contributed by atoms with Gasteiger partial charge >= 0.3 is 6.18 Å². The minimum absolute atomic E-state index is 0.485. The van der Waals surface area contributed by atoms with Crippen molar-refractivity contribution in [1.29, 1.82) is 0 Å². The summed E-state index contributed by atoms with van der Waals surface area (Å²) >= 11 is 0. The molecule has 0 aliphatic carbocycles. The molecule has 1 aliphatic rings. The zero-order valence-corrected chi connectivity index (χ0v) is 9.86. The molecule has 0 aromatic carbocycles. The molecule has 0 amide bonds. The summed E-state index contributed by atoms with van der Waals surface area (Å²) in [6.07, 6.45) is -0.174. The molecule has 0 radical (unpaired) electrons.